The van der Waals surface area contributed by atoms with Crippen LogP contribution >= 0.6 is 0 Å². The Morgan fingerprint density at radius 1 is 1.12 bits per heavy atom. The second-order valence-electron chi connectivity index (χ2n) is 6.46. The fraction of sp³-hybridized carbons (Fsp3) is 1.00. The van der Waals surface area contributed by atoms with Crippen LogP contribution in [0.25, 0.3) is 0 Å². The van der Waals surface area contributed by atoms with E-state index in [-0.39, 0.29) is 0 Å². The van der Waals surface area contributed by atoms with E-state index in [1.165, 1.54) is 38.5 Å². The van der Waals surface area contributed by atoms with E-state index in [2.05, 4.69) is 27.7 Å². The molecule has 2 fully saturated rings. The molecule has 0 aromatic heterocycles. The van der Waals surface area contributed by atoms with Gasteiger partial charge in [-0.25, -0.2) is 0 Å². The van der Waals surface area contributed by atoms with Gasteiger partial charge in [0.15, 0.2) is 0 Å². The van der Waals surface area contributed by atoms with E-state index in [1.807, 2.05) is 0 Å². The molecule has 16 heavy (non-hydrogen) atoms. The largest absolute Gasteiger partial charge is 0.374 e. The van der Waals surface area contributed by atoms with Crippen molar-refractivity contribution in [1.82, 2.24) is 0 Å². The van der Waals surface area contributed by atoms with Crippen LogP contribution < -0.4 is 0 Å². The van der Waals surface area contributed by atoms with Crippen molar-refractivity contribution in [3.63, 3.8) is 0 Å². The molecule has 4 atom stereocenters. The number of rotatable bonds is 3. The minimum atomic E-state index is 0.359. The molecule has 1 nitrogen and oxygen atoms in total. The number of ether oxygens (including phenoxy) is 1. The summed E-state index contributed by atoms with van der Waals surface area (Å²) in [6.45, 7) is 9.43. The minimum absolute atomic E-state index is 0.359. The molecule has 4 unspecified atom stereocenters. The molecule has 1 saturated carbocycles. The van der Waals surface area contributed by atoms with Crippen molar-refractivity contribution in [3.8, 4) is 0 Å². The molecule has 1 aliphatic heterocycles. The minimum Gasteiger partial charge on any atom is -0.374 e. The van der Waals surface area contributed by atoms with Gasteiger partial charge in [0.2, 0.25) is 0 Å². The second-order valence-corrected chi connectivity index (χ2v) is 6.46. The van der Waals surface area contributed by atoms with Gasteiger partial charge in [0.25, 0.3) is 0 Å². The maximum atomic E-state index is 6.42. The summed E-state index contributed by atoms with van der Waals surface area (Å²) < 4.78 is 6.42. The maximum absolute atomic E-state index is 6.42. The van der Waals surface area contributed by atoms with Crippen LogP contribution in [0.1, 0.15) is 66.2 Å². The van der Waals surface area contributed by atoms with Crippen LogP contribution in [0, 0.1) is 17.3 Å². The zero-order valence-electron chi connectivity index (χ0n) is 11.5. The Hall–Kier alpha value is -0.0400. The molecule has 2 aliphatic rings. The lowest BCUT2D eigenvalue weighted by Gasteiger charge is -2.34. The molecule has 0 amide bonds. The summed E-state index contributed by atoms with van der Waals surface area (Å²) in [4.78, 5) is 0. The molecule has 94 valence electrons. The normalized spacial score (nSPS) is 39.8. The molecule has 2 rings (SSSR count). The van der Waals surface area contributed by atoms with Crippen LogP contribution in [0.5, 0.6) is 0 Å². The van der Waals surface area contributed by atoms with Crippen LogP contribution in [0.15, 0.2) is 0 Å². The van der Waals surface area contributed by atoms with Gasteiger partial charge in [-0.1, -0.05) is 47.0 Å². The number of fused-ring (bicyclic) bond motifs is 1. The molecule has 1 heterocycles. The molecule has 0 radical (unpaired) electrons. The van der Waals surface area contributed by atoms with E-state index >= 15 is 0 Å². The summed E-state index contributed by atoms with van der Waals surface area (Å²) in [5.74, 6) is 1.69. The fourth-order valence-corrected chi connectivity index (χ4v) is 3.78. The lowest BCUT2D eigenvalue weighted by atomic mass is 9.70. The zero-order valence-corrected chi connectivity index (χ0v) is 11.5. The van der Waals surface area contributed by atoms with Gasteiger partial charge in [-0.05, 0) is 36.5 Å². The van der Waals surface area contributed by atoms with Gasteiger partial charge >= 0.3 is 0 Å². The summed E-state index contributed by atoms with van der Waals surface area (Å²) in [5, 5.41) is 0. The third-order valence-electron chi connectivity index (χ3n) is 5.17. The monoisotopic (exact) mass is 224 g/mol. The molecular weight excluding hydrogens is 196 g/mol. The first-order valence-corrected chi connectivity index (χ1v) is 7.25. The molecule has 0 N–H and O–H groups in total. The Morgan fingerprint density at radius 2 is 1.81 bits per heavy atom. The Kier molecular flexibility index (Phi) is 3.63. The average Bonchev–Trinajstić information content (AvgIpc) is 2.68. The van der Waals surface area contributed by atoms with E-state index in [4.69, 9.17) is 4.74 Å². The first-order chi connectivity index (χ1) is 7.60. The highest BCUT2D eigenvalue weighted by Crippen LogP contribution is 2.49. The lowest BCUT2D eigenvalue weighted by molar-refractivity contribution is -0.0458. The van der Waals surface area contributed by atoms with Gasteiger partial charge in [-0.15, -0.1) is 0 Å². The van der Waals surface area contributed by atoms with Crippen LogP contribution in [-0.4, -0.2) is 12.2 Å². The predicted molar refractivity (Wildman–Crippen MR) is 68.5 cm³/mol. The van der Waals surface area contributed by atoms with Gasteiger partial charge < -0.3 is 4.74 Å². The standard InChI is InChI=1S/C15H28O/c1-5-11-12-9-7-8-10-13(12)16-14(11)15(3,4)6-2/h11-14H,5-10H2,1-4H3. The highest BCUT2D eigenvalue weighted by molar-refractivity contribution is 4.97. The number of hydrogen-bond donors (Lipinski definition) is 0. The fourth-order valence-electron chi connectivity index (χ4n) is 3.78. The van der Waals surface area contributed by atoms with Gasteiger partial charge in [0, 0.05) is 0 Å². The predicted octanol–water partition coefficient (Wildman–Crippen LogP) is 4.41. The van der Waals surface area contributed by atoms with Gasteiger partial charge in [0.05, 0.1) is 12.2 Å². The highest BCUT2D eigenvalue weighted by Gasteiger charge is 2.48. The van der Waals surface area contributed by atoms with E-state index in [0.717, 1.165) is 11.8 Å². The lowest BCUT2D eigenvalue weighted by Crippen LogP contribution is -2.34. The first-order valence-electron chi connectivity index (χ1n) is 7.25. The molecular formula is C15H28O. The van der Waals surface area contributed by atoms with E-state index in [0.29, 0.717) is 17.6 Å². The highest BCUT2D eigenvalue weighted by atomic mass is 16.5. The zero-order chi connectivity index (χ0) is 11.8. The van der Waals surface area contributed by atoms with Crippen molar-refractivity contribution >= 4 is 0 Å². The van der Waals surface area contributed by atoms with E-state index in [1.54, 1.807) is 0 Å². The Balaban J connectivity index is 2.14. The molecule has 0 spiro atoms. The summed E-state index contributed by atoms with van der Waals surface area (Å²) in [6.07, 6.45) is 9.18. The Bertz CT molecular complexity index is 234. The van der Waals surface area contributed by atoms with Crippen molar-refractivity contribution in [1.29, 1.82) is 0 Å². The van der Waals surface area contributed by atoms with Crippen molar-refractivity contribution in [3.05, 3.63) is 0 Å². The summed E-state index contributed by atoms with van der Waals surface area (Å²) in [5.41, 5.74) is 0.359. The van der Waals surface area contributed by atoms with Gasteiger partial charge in [0.1, 0.15) is 0 Å². The van der Waals surface area contributed by atoms with Gasteiger partial charge in [-0.2, -0.15) is 0 Å². The van der Waals surface area contributed by atoms with E-state index in [9.17, 15) is 0 Å². The van der Waals surface area contributed by atoms with Gasteiger partial charge in [-0.3, -0.25) is 0 Å². The maximum Gasteiger partial charge on any atom is 0.0661 e. The van der Waals surface area contributed by atoms with Crippen molar-refractivity contribution in [2.24, 2.45) is 17.3 Å². The summed E-state index contributed by atoms with van der Waals surface area (Å²) >= 11 is 0. The Morgan fingerprint density at radius 3 is 2.44 bits per heavy atom. The van der Waals surface area contributed by atoms with Crippen molar-refractivity contribution in [2.75, 3.05) is 0 Å². The SMILES string of the molecule is CCC1C2CCCCC2OC1C(C)(C)CC. The van der Waals surface area contributed by atoms with Crippen molar-refractivity contribution in [2.45, 2.75) is 78.4 Å². The molecule has 1 heteroatoms. The second kappa shape index (κ2) is 4.68. The average molecular weight is 224 g/mol. The smallest absolute Gasteiger partial charge is 0.0661 e. The van der Waals surface area contributed by atoms with Crippen LogP contribution in [0.3, 0.4) is 0 Å². The first kappa shape index (κ1) is 12.4. The molecule has 1 aliphatic carbocycles. The topological polar surface area (TPSA) is 9.23 Å². The third kappa shape index (κ3) is 2.03. The van der Waals surface area contributed by atoms with E-state index < -0.39 is 0 Å². The Labute approximate surface area is 101 Å². The van der Waals surface area contributed by atoms with Crippen LogP contribution in [-0.2, 0) is 4.74 Å². The van der Waals surface area contributed by atoms with Crippen molar-refractivity contribution < 1.29 is 4.74 Å². The molecule has 0 bridgehead atoms. The summed E-state index contributed by atoms with van der Waals surface area (Å²) in [6, 6.07) is 0. The summed E-state index contributed by atoms with van der Waals surface area (Å²) in [7, 11) is 0. The molecule has 0 aromatic rings. The molecule has 0 aromatic carbocycles. The molecule has 1 saturated heterocycles. The third-order valence-corrected chi connectivity index (χ3v) is 5.17. The van der Waals surface area contributed by atoms with Crippen LogP contribution in [0.4, 0.5) is 0 Å². The number of hydrogen-bond acceptors (Lipinski definition) is 1. The quantitative estimate of drug-likeness (QED) is 0.690. The van der Waals surface area contributed by atoms with Crippen LogP contribution in [0.2, 0.25) is 0 Å².